The van der Waals surface area contributed by atoms with E-state index in [4.69, 9.17) is 0 Å². The molecule has 0 aliphatic heterocycles. The molecule has 0 bridgehead atoms. The SMILES string of the molecule is CCC(F)(F)c1cc2nc(C)[nH]c(=O)c2c(Br)c1Br. The molecule has 0 radical (unpaired) electrons. The molecular weight excluding hydrogens is 386 g/mol. The number of rotatable bonds is 2. The van der Waals surface area contributed by atoms with Gasteiger partial charge in [-0.05, 0) is 44.8 Å². The Kier molecular flexibility index (Phi) is 3.79. The third-order valence-corrected chi connectivity index (χ3v) is 4.98. The van der Waals surface area contributed by atoms with Crippen molar-refractivity contribution >= 4 is 42.8 Å². The van der Waals surface area contributed by atoms with Gasteiger partial charge in [-0.25, -0.2) is 13.8 Å². The summed E-state index contributed by atoms with van der Waals surface area (Å²) in [6, 6.07) is 1.26. The quantitative estimate of drug-likeness (QED) is 0.825. The lowest BCUT2D eigenvalue weighted by atomic mass is 10.0. The zero-order valence-corrected chi connectivity index (χ0v) is 13.3. The first-order valence-electron chi connectivity index (χ1n) is 5.55. The Bertz CT molecular complexity index is 713. The second-order valence-corrected chi connectivity index (χ2v) is 5.74. The molecule has 7 heteroatoms. The largest absolute Gasteiger partial charge is 0.310 e. The molecule has 0 aliphatic carbocycles. The van der Waals surface area contributed by atoms with Crippen molar-refractivity contribution in [3.63, 3.8) is 0 Å². The predicted octanol–water partition coefficient (Wildman–Crippen LogP) is 4.26. The molecule has 0 saturated carbocycles. The normalized spacial score (nSPS) is 12.1. The second kappa shape index (κ2) is 4.94. The minimum Gasteiger partial charge on any atom is -0.310 e. The lowest BCUT2D eigenvalue weighted by Gasteiger charge is -2.18. The first kappa shape index (κ1) is 14.6. The zero-order valence-electron chi connectivity index (χ0n) is 10.2. The number of alkyl halides is 2. The van der Waals surface area contributed by atoms with Crippen LogP contribution in [-0.2, 0) is 5.92 Å². The Labute approximate surface area is 124 Å². The van der Waals surface area contributed by atoms with Gasteiger partial charge < -0.3 is 4.98 Å². The van der Waals surface area contributed by atoms with E-state index < -0.39 is 5.92 Å². The van der Waals surface area contributed by atoms with Crippen molar-refractivity contribution in [2.45, 2.75) is 26.2 Å². The van der Waals surface area contributed by atoms with Crippen molar-refractivity contribution in [2.75, 3.05) is 0 Å². The van der Waals surface area contributed by atoms with Crippen LogP contribution >= 0.6 is 31.9 Å². The highest BCUT2D eigenvalue weighted by Crippen LogP contribution is 2.41. The molecule has 0 aliphatic rings. The maximum absolute atomic E-state index is 13.9. The topological polar surface area (TPSA) is 45.8 Å². The number of benzene rings is 1. The second-order valence-electron chi connectivity index (χ2n) is 4.16. The van der Waals surface area contributed by atoms with Gasteiger partial charge in [-0.2, -0.15) is 0 Å². The lowest BCUT2D eigenvalue weighted by molar-refractivity contribution is -0.00896. The van der Waals surface area contributed by atoms with Gasteiger partial charge in [-0.3, -0.25) is 4.79 Å². The minimum absolute atomic E-state index is 0.174. The standard InChI is InChI=1S/C12H10Br2F2N2O/c1-3-12(15,16)6-4-7-8(10(14)9(6)13)11(19)18-5(2)17-7/h4H,3H2,1-2H3,(H,17,18,19). The number of fused-ring (bicyclic) bond motifs is 1. The molecule has 19 heavy (non-hydrogen) atoms. The van der Waals surface area contributed by atoms with E-state index in [1.807, 2.05) is 0 Å². The van der Waals surface area contributed by atoms with Crippen LogP contribution in [0, 0.1) is 6.92 Å². The van der Waals surface area contributed by atoms with Crippen LogP contribution in [0.15, 0.2) is 19.8 Å². The molecule has 1 aromatic heterocycles. The number of aryl methyl sites for hydroxylation is 1. The average Bonchev–Trinajstić information content (AvgIpc) is 2.32. The van der Waals surface area contributed by atoms with E-state index in [0.717, 1.165) is 0 Å². The molecule has 0 saturated heterocycles. The zero-order chi connectivity index (χ0) is 14.4. The molecular formula is C12H10Br2F2N2O. The Balaban J connectivity index is 2.92. The van der Waals surface area contributed by atoms with Gasteiger partial charge in [0.25, 0.3) is 11.5 Å². The summed E-state index contributed by atoms with van der Waals surface area (Å²) in [5.41, 5.74) is -0.284. The van der Waals surface area contributed by atoms with Crippen LogP contribution in [0.3, 0.4) is 0 Å². The van der Waals surface area contributed by atoms with Crippen LogP contribution in [0.5, 0.6) is 0 Å². The number of aromatic amines is 1. The number of hydrogen-bond donors (Lipinski definition) is 1. The maximum Gasteiger partial charge on any atom is 0.274 e. The Morgan fingerprint density at radius 3 is 2.58 bits per heavy atom. The molecule has 0 amide bonds. The summed E-state index contributed by atoms with van der Waals surface area (Å²) in [5.74, 6) is -2.59. The summed E-state index contributed by atoms with van der Waals surface area (Å²) >= 11 is 6.31. The summed E-state index contributed by atoms with van der Waals surface area (Å²) in [5, 5.41) is 0.258. The third-order valence-electron chi connectivity index (χ3n) is 2.83. The Hall–Kier alpha value is -0.820. The fourth-order valence-corrected chi connectivity index (χ4v) is 3.01. The van der Waals surface area contributed by atoms with Crippen molar-refractivity contribution in [3.05, 3.63) is 36.8 Å². The van der Waals surface area contributed by atoms with Gasteiger partial charge in [-0.15, -0.1) is 0 Å². The van der Waals surface area contributed by atoms with Crippen LogP contribution in [0.4, 0.5) is 8.78 Å². The van der Waals surface area contributed by atoms with Crippen molar-refractivity contribution in [3.8, 4) is 0 Å². The summed E-state index contributed by atoms with van der Waals surface area (Å²) in [4.78, 5) is 18.5. The summed E-state index contributed by atoms with van der Waals surface area (Å²) < 4.78 is 28.3. The van der Waals surface area contributed by atoms with E-state index in [9.17, 15) is 13.6 Å². The molecule has 1 aromatic carbocycles. The number of aromatic nitrogens is 2. The fourth-order valence-electron chi connectivity index (χ4n) is 1.81. The van der Waals surface area contributed by atoms with Gasteiger partial charge in [0.1, 0.15) is 5.82 Å². The highest BCUT2D eigenvalue weighted by Gasteiger charge is 2.33. The number of nitrogens with one attached hydrogen (secondary N) is 1. The Morgan fingerprint density at radius 1 is 1.37 bits per heavy atom. The minimum atomic E-state index is -2.98. The van der Waals surface area contributed by atoms with E-state index >= 15 is 0 Å². The molecule has 1 heterocycles. The fraction of sp³-hybridized carbons (Fsp3) is 0.333. The highest BCUT2D eigenvalue weighted by molar-refractivity contribution is 9.13. The molecule has 0 fully saturated rings. The van der Waals surface area contributed by atoms with Crippen molar-refractivity contribution in [1.82, 2.24) is 9.97 Å². The molecule has 0 unspecified atom stereocenters. The van der Waals surface area contributed by atoms with Crippen molar-refractivity contribution in [2.24, 2.45) is 0 Å². The molecule has 102 valence electrons. The van der Waals surface area contributed by atoms with E-state index in [1.165, 1.54) is 13.0 Å². The van der Waals surface area contributed by atoms with Crippen LogP contribution in [0.2, 0.25) is 0 Å². The van der Waals surface area contributed by atoms with Crippen LogP contribution in [0.1, 0.15) is 24.7 Å². The van der Waals surface area contributed by atoms with Gasteiger partial charge in [0.15, 0.2) is 0 Å². The van der Waals surface area contributed by atoms with Crippen LogP contribution in [-0.4, -0.2) is 9.97 Å². The summed E-state index contributed by atoms with van der Waals surface area (Å²) in [7, 11) is 0. The maximum atomic E-state index is 13.9. The molecule has 0 atom stereocenters. The highest BCUT2D eigenvalue weighted by atomic mass is 79.9. The van der Waals surface area contributed by atoms with E-state index in [0.29, 0.717) is 10.3 Å². The molecule has 0 spiro atoms. The summed E-state index contributed by atoms with van der Waals surface area (Å²) in [6.45, 7) is 3.01. The van der Waals surface area contributed by atoms with Gasteiger partial charge >= 0.3 is 0 Å². The first-order chi connectivity index (χ1) is 8.77. The van der Waals surface area contributed by atoms with E-state index in [-0.39, 0.29) is 32.9 Å². The monoisotopic (exact) mass is 394 g/mol. The summed E-state index contributed by atoms with van der Waals surface area (Å²) in [6.07, 6.45) is -0.328. The average molecular weight is 396 g/mol. The first-order valence-corrected chi connectivity index (χ1v) is 7.13. The van der Waals surface area contributed by atoms with E-state index in [2.05, 4.69) is 41.8 Å². The van der Waals surface area contributed by atoms with Gasteiger partial charge in [0.2, 0.25) is 0 Å². The van der Waals surface area contributed by atoms with Crippen molar-refractivity contribution < 1.29 is 8.78 Å². The number of nitrogens with zero attached hydrogens (tertiary/aromatic N) is 1. The molecule has 2 rings (SSSR count). The lowest BCUT2D eigenvalue weighted by Crippen LogP contribution is -2.16. The molecule has 3 nitrogen and oxygen atoms in total. The van der Waals surface area contributed by atoms with Crippen molar-refractivity contribution in [1.29, 1.82) is 0 Å². The van der Waals surface area contributed by atoms with Crippen LogP contribution < -0.4 is 5.56 Å². The van der Waals surface area contributed by atoms with Gasteiger partial charge in [0, 0.05) is 20.9 Å². The molecule has 1 N–H and O–H groups in total. The van der Waals surface area contributed by atoms with E-state index in [1.54, 1.807) is 6.92 Å². The number of halogens is 4. The molecule has 2 aromatic rings. The third kappa shape index (κ3) is 2.45. The van der Waals surface area contributed by atoms with Gasteiger partial charge in [0.05, 0.1) is 10.9 Å². The van der Waals surface area contributed by atoms with Gasteiger partial charge in [-0.1, -0.05) is 6.92 Å². The smallest absolute Gasteiger partial charge is 0.274 e. The van der Waals surface area contributed by atoms with Crippen LogP contribution in [0.25, 0.3) is 10.9 Å². The Morgan fingerprint density at radius 2 is 2.00 bits per heavy atom. The predicted molar refractivity (Wildman–Crippen MR) is 76.7 cm³/mol. The number of H-pyrrole nitrogens is 1. The number of hydrogen-bond acceptors (Lipinski definition) is 2.